The molecule has 140 valence electrons. The molecule has 0 aliphatic heterocycles. The molecule has 0 bridgehead atoms. The summed E-state index contributed by atoms with van der Waals surface area (Å²) in [5.41, 5.74) is 1.58. The van der Waals surface area contributed by atoms with Crippen LogP contribution >= 0.6 is 0 Å². The molecule has 1 amide bonds. The van der Waals surface area contributed by atoms with Crippen LogP contribution in [0.2, 0.25) is 0 Å². The molecule has 1 aliphatic rings. The number of rotatable bonds is 8. The van der Waals surface area contributed by atoms with Gasteiger partial charge in [-0.2, -0.15) is 0 Å². The van der Waals surface area contributed by atoms with E-state index in [1.165, 1.54) is 0 Å². The Balaban J connectivity index is 1.74. The molecule has 1 saturated carbocycles. The Morgan fingerprint density at radius 1 is 1.27 bits per heavy atom. The lowest BCUT2D eigenvalue weighted by molar-refractivity contribution is -0.136. The predicted molar refractivity (Wildman–Crippen MR) is 97.7 cm³/mol. The lowest BCUT2D eigenvalue weighted by atomic mass is 10.1. The molecule has 1 heterocycles. The Morgan fingerprint density at radius 3 is 2.77 bits per heavy atom. The minimum atomic E-state index is 0.132. The van der Waals surface area contributed by atoms with E-state index in [-0.39, 0.29) is 11.8 Å². The maximum atomic E-state index is 12.8. The quantitative estimate of drug-likeness (QED) is 0.722. The molecule has 0 radical (unpaired) electrons. The van der Waals surface area contributed by atoms with Crippen molar-refractivity contribution < 1.29 is 18.8 Å². The zero-order chi connectivity index (χ0) is 18.4. The highest BCUT2D eigenvalue weighted by Crippen LogP contribution is 2.31. The maximum absolute atomic E-state index is 12.8. The molecule has 1 aromatic heterocycles. The summed E-state index contributed by atoms with van der Waals surface area (Å²) in [6, 6.07) is 9.52. The van der Waals surface area contributed by atoms with E-state index in [2.05, 4.69) is 5.16 Å². The van der Waals surface area contributed by atoms with Crippen molar-refractivity contribution in [1.29, 1.82) is 0 Å². The molecule has 1 aromatic carbocycles. The third kappa shape index (κ3) is 4.25. The molecule has 0 unspecified atom stereocenters. The van der Waals surface area contributed by atoms with Crippen LogP contribution in [0.3, 0.4) is 0 Å². The van der Waals surface area contributed by atoms with E-state index in [0.29, 0.717) is 25.5 Å². The average Bonchev–Trinajstić information content (AvgIpc) is 3.36. The van der Waals surface area contributed by atoms with Crippen LogP contribution in [0.25, 0.3) is 11.3 Å². The Bertz CT molecular complexity index is 722. The van der Waals surface area contributed by atoms with Crippen LogP contribution in [0.4, 0.5) is 0 Å². The first-order valence-corrected chi connectivity index (χ1v) is 9.09. The van der Waals surface area contributed by atoms with Gasteiger partial charge in [0.15, 0.2) is 5.76 Å². The summed E-state index contributed by atoms with van der Waals surface area (Å²) < 4.78 is 16.1. The number of aromatic nitrogens is 1. The first-order chi connectivity index (χ1) is 12.7. The smallest absolute Gasteiger partial charge is 0.226 e. The van der Waals surface area contributed by atoms with E-state index in [1.54, 1.807) is 14.2 Å². The number of para-hydroxylation sites is 1. The normalized spacial score (nSPS) is 14.5. The Kier molecular flexibility index (Phi) is 6.28. The van der Waals surface area contributed by atoms with Crippen molar-refractivity contribution in [1.82, 2.24) is 10.1 Å². The second-order valence-corrected chi connectivity index (χ2v) is 6.62. The van der Waals surface area contributed by atoms with Crippen LogP contribution < -0.4 is 4.74 Å². The lowest BCUT2D eigenvalue weighted by Crippen LogP contribution is -2.37. The van der Waals surface area contributed by atoms with Crippen molar-refractivity contribution in [3.8, 4) is 17.1 Å². The van der Waals surface area contributed by atoms with E-state index in [4.69, 9.17) is 14.0 Å². The second-order valence-electron chi connectivity index (χ2n) is 6.62. The van der Waals surface area contributed by atoms with E-state index in [0.717, 1.165) is 42.7 Å². The summed E-state index contributed by atoms with van der Waals surface area (Å²) in [6.07, 6.45) is 4.23. The van der Waals surface area contributed by atoms with Crippen molar-refractivity contribution in [2.75, 3.05) is 27.4 Å². The zero-order valence-electron chi connectivity index (χ0n) is 15.4. The third-order valence-corrected chi connectivity index (χ3v) is 4.87. The van der Waals surface area contributed by atoms with Crippen LogP contribution in [-0.2, 0) is 16.1 Å². The fourth-order valence-corrected chi connectivity index (χ4v) is 3.46. The van der Waals surface area contributed by atoms with Gasteiger partial charge in [-0.25, -0.2) is 0 Å². The Hall–Kier alpha value is -2.34. The Labute approximate surface area is 154 Å². The number of carbonyl (C=O) groups excluding carboxylic acids is 1. The van der Waals surface area contributed by atoms with Gasteiger partial charge in [-0.15, -0.1) is 0 Å². The highest BCUT2D eigenvalue weighted by atomic mass is 16.5. The van der Waals surface area contributed by atoms with E-state index >= 15 is 0 Å². The molecule has 3 rings (SSSR count). The number of hydrogen-bond donors (Lipinski definition) is 0. The standard InChI is InChI=1S/C20H26N2O4/c1-24-12-11-22(20(23)15-7-3-4-8-15)14-16-13-19(26-21-16)17-9-5-6-10-18(17)25-2/h5-6,9-10,13,15H,3-4,7-8,11-12,14H2,1-2H3. The minimum absolute atomic E-state index is 0.132. The van der Waals surface area contributed by atoms with Gasteiger partial charge in [0.1, 0.15) is 11.4 Å². The molecule has 0 spiro atoms. The molecule has 0 N–H and O–H groups in total. The third-order valence-electron chi connectivity index (χ3n) is 4.87. The van der Waals surface area contributed by atoms with Crippen LogP contribution in [0.1, 0.15) is 31.4 Å². The summed E-state index contributed by atoms with van der Waals surface area (Å²) >= 11 is 0. The largest absolute Gasteiger partial charge is 0.496 e. The fourth-order valence-electron chi connectivity index (χ4n) is 3.46. The molecular weight excluding hydrogens is 332 g/mol. The van der Waals surface area contributed by atoms with Gasteiger partial charge in [-0.05, 0) is 25.0 Å². The zero-order valence-corrected chi connectivity index (χ0v) is 15.4. The van der Waals surface area contributed by atoms with Crippen molar-refractivity contribution in [2.45, 2.75) is 32.2 Å². The summed E-state index contributed by atoms with van der Waals surface area (Å²) in [7, 11) is 3.27. The van der Waals surface area contributed by atoms with Gasteiger partial charge in [-0.3, -0.25) is 4.79 Å². The molecule has 6 heteroatoms. The van der Waals surface area contributed by atoms with Gasteiger partial charge >= 0.3 is 0 Å². The van der Waals surface area contributed by atoms with Crippen LogP contribution in [0.5, 0.6) is 5.75 Å². The molecule has 1 fully saturated rings. The molecule has 1 aliphatic carbocycles. The van der Waals surface area contributed by atoms with Gasteiger partial charge in [-0.1, -0.05) is 30.1 Å². The highest BCUT2D eigenvalue weighted by molar-refractivity contribution is 5.79. The first kappa shape index (κ1) is 18.5. The van der Waals surface area contributed by atoms with E-state index < -0.39 is 0 Å². The summed E-state index contributed by atoms with van der Waals surface area (Å²) in [5.74, 6) is 1.69. The van der Waals surface area contributed by atoms with Crippen LogP contribution in [0, 0.1) is 5.92 Å². The monoisotopic (exact) mass is 358 g/mol. The van der Waals surface area contributed by atoms with Gasteiger partial charge in [0.25, 0.3) is 0 Å². The second kappa shape index (κ2) is 8.85. The minimum Gasteiger partial charge on any atom is -0.496 e. The van der Waals surface area contributed by atoms with Crippen molar-refractivity contribution in [2.24, 2.45) is 5.92 Å². The van der Waals surface area contributed by atoms with Gasteiger partial charge < -0.3 is 18.9 Å². The Morgan fingerprint density at radius 2 is 2.04 bits per heavy atom. The predicted octanol–water partition coefficient (Wildman–Crippen LogP) is 3.52. The SMILES string of the molecule is COCCN(Cc1cc(-c2ccccc2OC)on1)C(=O)C1CCCC1. The van der Waals surface area contributed by atoms with Crippen molar-refractivity contribution in [3.63, 3.8) is 0 Å². The fraction of sp³-hybridized carbons (Fsp3) is 0.500. The topological polar surface area (TPSA) is 64.8 Å². The van der Waals surface area contributed by atoms with Gasteiger partial charge in [0.05, 0.1) is 25.8 Å². The summed E-state index contributed by atoms with van der Waals surface area (Å²) in [4.78, 5) is 14.7. The number of amides is 1. The highest BCUT2D eigenvalue weighted by Gasteiger charge is 2.28. The molecule has 0 atom stereocenters. The van der Waals surface area contributed by atoms with E-state index in [1.807, 2.05) is 35.2 Å². The number of carbonyl (C=O) groups is 1. The number of benzene rings is 1. The van der Waals surface area contributed by atoms with E-state index in [9.17, 15) is 4.79 Å². The van der Waals surface area contributed by atoms with Crippen molar-refractivity contribution in [3.05, 3.63) is 36.0 Å². The van der Waals surface area contributed by atoms with Crippen LogP contribution in [0.15, 0.2) is 34.9 Å². The molecule has 0 saturated heterocycles. The summed E-state index contributed by atoms with van der Waals surface area (Å²) in [6.45, 7) is 1.50. The van der Waals surface area contributed by atoms with Gasteiger partial charge in [0, 0.05) is 25.6 Å². The molecule has 6 nitrogen and oxygen atoms in total. The lowest BCUT2D eigenvalue weighted by Gasteiger charge is -2.24. The molecule has 26 heavy (non-hydrogen) atoms. The average molecular weight is 358 g/mol. The molecular formula is C20H26N2O4. The van der Waals surface area contributed by atoms with Crippen molar-refractivity contribution >= 4 is 5.91 Å². The van der Waals surface area contributed by atoms with Crippen LogP contribution in [-0.4, -0.2) is 43.3 Å². The molecule has 2 aromatic rings. The maximum Gasteiger partial charge on any atom is 0.226 e. The number of hydrogen-bond acceptors (Lipinski definition) is 5. The number of methoxy groups -OCH3 is 2. The summed E-state index contributed by atoms with van der Waals surface area (Å²) in [5, 5.41) is 4.16. The first-order valence-electron chi connectivity index (χ1n) is 9.09. The number of nitrogens with zero attached hydrogens (tertiary/aromatic N) is 2. The number of ether oxygens (including phenoxy) is 2. The van der Waals surface area contributed by atoms with Gasteiger partial charge in [0.2, 0.25) is 5.91 Å².